The van der Waals surface area contributed by atoms with Gasteiger partial charge in [-0.3, -0.25) is 4.79 Å². The summed E-state index contributed by atoms with van der Waals surface area (Å²) in [5, 5.41) is 3.99. The summed E-state index contributed by atoms with van der Waals surface area (Å²) in [7, 11) is 1.21. The van der Waals surface area contributed by atoms with E-state index in [2.05, 4.69) is 21.1 Å². The van der Waals surface area contributed by atoms with E-state index in [0.29, 0.717) is 19.3 Å². The summed E-state index contributed by atoms with van der Waals surface area (Å²) in [5.41, 5.74) is -5.83. The SMILES string of the molecule is COC(=O)C12CCCC1C(c1cc(-n3c(=O)cc(C(F)(F)F)[nH]c3=O)c(F)cc1Br)=NO2. The number of oxime groups is 1. The number of rotatable bonds is 3. The van der Waals surface area contributed by atoms with Crippen LogP contribution in [0.1, 0.15) is 30.5 Å². The average Bonchev–Trinajstić information content (AvgIpc) is 3.28. The lowest BCUT2D eigenvalue weighted by Gasteiger charge is -2.23. The number of methoxy groups -OCH3 is 1. The third-order valence-electron chi connectivity index (χ3n) is 5.56. The van der Waals surface area contributed by atoms with Gasteiger partial charge in [0.05, 0.1) is 24.4 Å². The van der Waals surface area contributed by atoms with Crippen LogP contribution >= 0.6 is 15.9 Å². The van der Waals surface area contributed by atoms with Crippen molar-refractivity contribution in [3.63, 3.8) is 0 Å². The van der Waals surface area contributed by atoms with Gasteiger partial charge in [-0.05, 0) is 40.9 Å². The third kappa shape index (κ3) is 3.34. The Labute approximate surface area is 185 Å². The molecule has 0 radical (unpaired) electrons. The third-order valence-corrected chi connectivity index (χ3v) is 6.22. The lowest BCUT2D eigenvalue weighted by molar-refractivity contribution is -0.168. The number of alkyl halides is 3. The Morgan fingerprint density at radius 2 is 2.06 bits per heavy atom. The molecule has 2 heterocycles. The van der Waals surface area contributed by atoms with Gasteiger partial charge in [0.15, 0.2) is 0 Å². The number of halogens is 5. The van der Waals surface area contributed by atoms with Gasteiger partial charge in [0.2, 0.25) is 5.60 Å². The zero-order valence-corrected chi connectivity index (χ0v) is 17.8. The van der Waals surface area contributed by atoms with E-state index in [-0.39, 0.29) is 26.4 Å². The highest BCUT2D eigenvalue weighted by Crippen LogP contribution is 2.47. The zero-order chi connectivity index (χ0) is 23.4. The molecule has 1 aliphatic heterocycles. The van der Waals surface area contributed by atoms with Crippen molar-refractivity contribution < 1.29 is 31.9 Å². The van der Waals surface area contributed by atoms with Gasteiger partial charge < -0.3 is 14.6 Å². The van der Waals surface area contributed by atoms with Crippen LogP contribution in [0.2, 0.25) is 0 Å². The number of carbonyl (C=O) groups is 1. The zero-order valence-electron chi connectivity index (χ0n) is 16.3. The van der Waals surface area contributed by atoms with Crippen molar-refractivity contribution in [3.8, 4) is 5.69 Å². The molecule has 13 heteroatoms. The van der Waals surface area contributed by atoms with Gasteiger partial charge in [0.25, 0.3) is 5.56 Å². The second kappa shape index (κ2) is 7.57. The highest BCUT2D eigenvalue weighted by Gasteiger charge is 2.59. The second-order valence-corrected chi connectivity index (χ2v) is 8.19. The Morgan fingerprint density at radius 1 is 1.34 bits per heavy atom. The van der Waals surface area contributed by atoms with Crippen LogP contribution in [0.4, 0.5) is 17.6 Å². The number of carbonyl (C=O) groups excluding carboxylic acids is 1. The number of benzene rings is 1. The van der Waals surface area contributed by atoms with E-state index in [4.69, 9.17) is 9.57 Å². The van der Waals surface area contributed by atoms with Crippen LogP contribution in [0.15, 0.2) is 37.4 Å². The van der Waals surface area contributed by atoms with Crippen molar-refractivity contribution in [2.24, 2.45) is 11.1 Å². The molecule has 0 spiro atoms. The molecule has 1 N–H and O–H groups in total. The van der Waals surface area contributed by atoms with E-state index in [1.165, 1.54) is 12.1 Å². The van der Waals surface area contributed by atoms with Crippen molar-refractivity contribution in [3.05, 3.63) is 60.6 Å². The lowest BCUT2D eigenvalue weighted by atomic mass is 9.84. The molecule has 170 valence electrons. The van der Waals surface area contributed by atoms with E-state index in [1.54, 1.807) is 0 Å². The number of H-pyrrole nitrogens is 1. The number of hydrogen-bond donors (Lipinski definition) is 1. The van der Waals surface area contributed by atoms with Crippen LogP contribution in [0.25, 0.3) is 5.69 Å². The van der Waals surface area contributed by atoms with Gasteiger partial charge in [-0.1, -0.05) is 5.16 Å². The predicted molar refractivity (Wildman–Crippen MR) is 105 cm³/mol. The van der Waals surface area contributed by atoms with Crippen molar-refractivity contribution in [1.82, 2.24) is 9.55 Å². The maximum absolute atomic E-state index is 14.7. The number of hydrogen-bond acceptors (Lipinski definition) is 6. The number of nitrogens with one attached hydrogen (secondary N) is 1. The first-order chi connectivity index (χ1) is 15.0. The molecule has 2 aromatic rings. The highest BCUT2D eigenvalue weighted by atomic mass is 79.9. The molecule has 4 rings (SSSR count). The van der Waals surface area contributed by atoms with Crippen LogP contribution in [0.3, 0.4) is 0 Å². The largest absolute Gasteiger partial charge is 0.466 e. The molecule has 1 saturated carbocycles. The van der Waals surface area contributed by atoms with Crippen LogP contribution < -0.4 is 11.2 Å². The summed E-state index contributed by atoms with van der Waals surface area (Å²) in [4.78, 5) is 43.9. The highest BCUT2D eigenvalue weighted by molar-refractivity contribution is 9.10. The standard InChI is InChI=1S/C19H14BrF4N3O5/c1-31-16(29)18-4-2-3-9(18)15(26-32-18)8-5-12(11(21)6-10(8)20)27-14(28)7-13(19(22,23)24)25-17(27)30/h5-7,9H,2-4H2,1H3,(H,25,30). The quantitative estimate of drug-likeness (QED) is 0.496. The molecule has 8 nitrogen and oxygen atoms in total. The Hall–Kier alpha value is -2.96. The molecule has 1 aromatic carbocycles. The normalized spacial score (nSPS) is 22.3. The van der Waals surface area contributed by atoms with Crippen molar-refractivity contribution in [1.29, 1.82) is 0 Å². The van der Waals surface area contributed by atoms with E-state index in [9.17, 15) is 31.9 Å². The van der Waals surface area contributed by atoms with Crippen LogP contribution in [0, 0.1) is 11.7 Å². The van der Waals surface area contributed by atoms with Crippen LogP contribution in [-0.4, -0.2) is 33.9 Å². The topological polar surface area (TPSA) is 103 Å². The Morgan fingerprint density at radius 3 is 2.69 bits per heavy atom. The molecule has 0 bridgehead atoms. The first-order valence-corrected chi connectivity index (χ1v) is 10.1. The first kappa shape index (κ1) is 22.2. The monoisotopic (exact) mass is 519 g/mol. The molecule has 2 aliphatic rings. The van der Waals surface area contributed by atoms with Crippen molar-refractivity contribution in [2.75, 3.05) is 7.11 Å². The minimum Gasteiger partial charge on any atom is -0.466 e. The summed E-state index contributed by atoms with van der Waals surface area (Å²) in [6.45, 7) is 0. The fourth-order valence-electron chi connectivity index (χ4n) is 4.11. The minimum atomic E-state index is -4.96. The number of fused-ring (bicyclic) bond motifs is 1. The van der Waals surface area contributed by atoms with Crippen molar-refractivity contribution >= 4 is 27.6 Å². The number of aromatic nitrogens is 2. The summed E-state index contributed by atoms with van der Waals surface area (Å²) < 4.78 is 58.6. The second-order valence-electron chi connectivity index (χ2n) is 7.34. The maximum atomic E-state index is 14.7. The predicted octanol–water partition coefficient (Wildman–Crippen LogP) is 2.89. The van der Waals surface area contributed by atoms with Gasteiger partial charge in [-0.2, -0.15) is 13.2 Å². The fraction of sp³-hybridized carbons (Fsp3) is 0.368. The smallest absolute Gasteiger partial charge is 0.431 e. The van der Waals surface area contributed by atoms with Crippen LogP contribution in [-0.2, 0) is 20.5 Å². The van der Waals surface area contributed by atoms with Gasteiger partial charge in [-0.15, -0.1) is 0 Å². The summed E-state index contributed by atoms with van der Waals surface area (Å²) in [6.07, 6.45) is -3.48. The molecule has 2 unspecified atom stereocenters. The molecule has 2 atom stereocenters. The number of ether oxygens (including phenoxy) is 1. The molecule has 0 saturated heterocycles. The first-order valence-electron chi connectivity index (χ1n) is 9.27. The molecule has 1 aromatic heterocycles. The number of aromatic amines is 1. The van der Waals surface area contributed by atoms with E-state index >= 15 is 0 Å². The van der Waals surface area contributed by atoms with E-state index in [1.807, 2.05) is 0 Å². The summed E-state index contributed by atoms with van der Waals surface area (Å²) in [5.74, 6) is -2.20. The fourth-order valence-corrected chi connectivity index (χ4v) is 4.63. The Balaban J connectivity index is 1.84. The lowest BCUT2D eigenvalue weighted by Crippen LogP contribution is -2.43. The van der Waals surface area contributed by atoms with Crippen LogP contribution in [0.5, 0.6) is 0 Å². The molecule has 1 aliphatic carbocycles. The summed E-state index contributed by atoms with van der Waals surface area (Å²) >= 11 is 3.19. The van der Waals surface area contributed by atoms with Gasteiger partial charge in [-0.25, -0.2) is 18.5 Å². The molecule has 1 fully saturated rings. The summed E-state index contributed by atoms with van der Waals surface area (Å²) in [6, 6.07) is 2.21. The number of nitrogens with zero attached hydrogens (tertiary/aromatic N) is 2. The molecule has 0 amide bonds. The minimum absolute atomic E-state index is 0.165. The molecular weight excluding hydrogens is 506 g/mol. The van der Waals surface area contributed by atoms with Gasteiger partial charge >= 0.3 is 17.8 Å². The number of esters is 1. The van der Waals surface area contributed by atoms with E-state index < -0.39 is 52.1 Å². The Bertz CT molecular complexity index is 1240. The average molecular weight is 520 g/mol. The van der Waals surface area contributed by atoms with E-state index in [0.717, 1.165) is 12.1 Å². The maximum Gasteiger partial charge on any atom is 0.431 e. The van der Waals surface area contributed by atoms with Gasteiger partial charge in [0, 0.05) is 22.5 Å². The molecule has 32 heavy (non-hydrogen) atoms. The van der Waals surface area contributed by atoms with Crippen molar-refractivity contribution in [2.45, 2.75) is 31.0 Å². The van der Waals surface area contributed by atoms with Gasteiger partial charge in [0.1, 0.15) is 11.5 Å². The molecular formula is C19H14BrF4N3O5. The Kier molecular flexibility index (Phi) is 5.26.